The first-order valence-corrected chi connectivity index (χ1v) is 5.75. The lowest BCUT2D eigenvalue weighted by molar-refractivity contribution is -0.120. The van der Waals surface area contributed by atoms with Crippen LogP contribution in [0.4, 0.5) is 11.4 Å². The monoisotopic (exact) mass is 220 g/mol. The Morgan fingerprint density at radius 3 is 2.56 bits per heavy atom. The van der Waals surface area contributed by atoms with Gasteiger partial charge in [0.2, 0.25) is 5.91 Å². The maximum absolute atomic E-state index is 11.9. The summed E-state index contributed by atoms with van der Waals surface area (Å²) in [5.74, 6) is 0.166. The summed E-state index contributed by atoms with van der Waals surface area (Å²) in [5, 5.41) is 2.93. The van der Waals surface area contributed by atoms with E-state index >= 15 is 0 Å². The highest BCUT2D eigenvalue weighted by atomic mass is 16.1. The summed E-state index contributed by atoms with van der Waals surface area (Å²) in [4.78, 5) is 11.9. The van der Waals surface area contributed by atoms with E-state index in [-0.39, 0.29) is 11.8 Å². The first-order chi connectivity index (χ1) is 7.58. The molecular formula is C13H20N2O. The Morgan fingerprint density at radius 2 is 2.00 bits per heavy atom. The maximum Gasteiger partial charge on any atom is 0.227 e. The van der Waals surface area contributed by atoms with Crippen molar-refractivity contribution in [2.75, 3.05) is 11.1 Å². The van der Waals surface area contributed by atoms with Crippen LogP contribution in [0.5, 0.6) is 0 Å². The summed E-state index contributed by atoms with van der Waals surface area (Å²) in [6.07, 6.45) is 1.73. The second-order valence-corrected chi connectivity index (χ2v) is 4.08. The molecule has 0 fully saturated rings. The van der Waals surface area contributed by atoms with Gasteiger partial charge in [0.15, 0.2) is 0 Å². The quantitative estimate of drug-likeness (QED) is 0.766. The van der Waals surface area contributed by atoms with Crippen molar-refractivity contribution in [3.8, 4) is 0 Å². The van der Waals surface area contributed by atoms with Crippen molar-refractivity contribution in [3.63, 3.8) is 0 Å². The van der Waals surface area contributed by atoms with Gasteiger partial charge in [0, 0.05) is 17.3 Å². The lowest BCUT2D eigenvalue weighted by Gasteiger charge is -2.14. The number of aryl methyl sites for hydroxylation is 1. The van der Waals surface area contributed by atoms with Gasteiger partial charge in [0.1, 0.15) is 0 Å². The molecule has 1 aromatic carbocycles. The number of carbonyl (C=O) groups excluding carboxylic acids is 1. The van der Waals surface area contributed by atoms with Crippen LogP contribution in [-0.4, -0.2) is 5.91 Å². The number of hydrogen-bond donors (Lipinski definition) is 2. The highest BCUT2D eigenvalue weighted by molar-refractivity contribution is 5.93. The van der Waals surface area contributed by atoms with Crippen LogP contribution in [0.25, 0.3) is 0 Å². The Labute approximate surface area is 97.0 Å². The molecular weight excluding hydrogens is 200 g/mol. The van der Waals surface area contributed by atoms with Crippen molar-refractivity contribution in [2.45, 2.75) is 33.6 Å². The van der Waals surface area contributed by atoms with E-state index in [9.17, 15) is 4.79 Å². The molecule has 0 bridgehead atoms. The molecule has 0 aliphatic heterocycles. The summed E-state index contributed by atoms with van der Waals surface area (Å²) < 4.78 is 0. The minimum atomic E-state index is 0.0821. The SMILES string of the molecule is CCC(CC)C(=O)Nc1cc(N)ccc1C. The molecule has 3 heteroatoms. The van der Waals surface area contributed by atoms with Gasteiger partial charge in [0.25, 0.3) is 0 Å². The van der Waals surface area contributed by atoms with E-state index in [0.29, 0.717) is 5.69 Å². The number of anilines is 2. The van der Waals surface area contributed by atoms with Crippen LogP contribution in [0.15, 0.2) is 18.2 Å². The highest BCUT2D eigenvalue weighted by Crippen LogP contribution is 2.20. The summed E-state index contributed by atoms with van der Waals surface area (Å²) in [6, 6.07) is 5.55. The Balaban J connectivity index is 2.80. The number of nitrogens with one attached hydrogen (secondary N) is 1. The highest BCUT2D eigenvalue weighted by Gasteiger charge is 2.14. The van der Waals surface area contributed by atoms with Gasteiger partial charge < -0.3 is 11.1 Å². The Morgan fingerprint density at radius 1 is 1.38 bits per heavy atom. The van der Waals surface area contributed by atoms with E-state index in [2.05, 4.69) is 5.32 Å². The number of rotatable bonds is 4. The topological polar surface area (TPSA) is 55.1 Å². The third-order valence-electron chi connectivity index (χ3n) is 2.88. The zero-order chi connectivity index (χ0) is 12.1. The van der Waals surface area contributed by atoms with Crippen LogP contribution < -0.4 is 11.1 Å². The predicted molar refractivity (Wildman–Crippen MR) is 68.3 cm³/mol. The second kappa shape index (κ2) is 5.54. The number of nitrogens with two attached hydrogens (primary N) is 1. The van der Waals surface area contributed by atoms with E-state index < -0.39 is 0 Å². The van der Waals surface area contributed by atoms with Gasteiger partial charge in [-0.15, -0.1) is 0 Å². The fourth-order valence-electron chi connectivity index (χ4n) is 1.67. The zero-order valence-corrected chi connectivity index (χ0v) is 10.2. The van der Waals surface area contributed by atoms with Crippen LogP contribution in [0.3, 0.4) is 0 Å². The van der Waals surface area contributed by atoms with Crippen molar-refractivity contribution in [1.82, 2.24) is 0 Å². The fraction of sp³-hybridized carbons (Fsp3) is 0.462. The van der Waals surface area contributed by atoms with Gasteiger partial charge in [0.05, 0.1) is 0 Å². The van der Waals surface area contributed by atoms with Gasteiger partial charge in [-0.3, -0.25) is 4.79 Å². The molecule has 0 aromatic heterocycles. The third kappa shape index (κ3) is 2.99. The molecule has 1 amide bonds. The number of nitrogen functional groups attached to an aromatic ring is 1. The van der Waals surface area contributed by atoms with E-state index in [1.165, 1.54) is 0 Å². The summed E-state index contributed by atoms with van der Waals surface area (Å²) in [5.41, 5.74) is 8.22. The van der Waals surface area contributed by atoms with E-state index in [1.54, 1.807) is 6.07 Å². The second-order valence-electron chi connectivity index (χ2n) is 4.08. The first-order valence-electron chi connectivity index (χ1n) is 5.75. The van der Waals surface area contributed by atoms with Crippen molar-refractivity contribution in [1.29, 1.82) is 0 Å². The Bertz CT molecular complexity index is 370. The molecule has 0 unspecified atom stereocenters. The van der Waals surface area contributed by atoms with Gasteiger partial charge in [-0.05, 0) is 37.5 Å². The normalized spacial score (nSPS) is 10.5. The molecule has 1 aromatic rings. The molecule has 1 rings (SSSR count). The Kier molecular flexibility index (Phi) is 4.35. The van der Waals surface area contributed by atoms with Gasteiger partial charge in [-0.25, -0.2) is 0 Å². The number of carbonyl (C=O) groups is 1. The van der Waals surface area contributed by atoms with E-state index in [4.69, 9.17) is 5.73 Å². The molecule has 0 atom stereocenters. The molecule has 0 aliphatic rings. The molecule has 88 valence electrons. The van der Waals surface area contributed by atoms with E-state index in [0.717, 1.165) is 24.1 Å². The van der Waals surface area contributed by atoms with Crippen LogP contribution in [0.1, 0.15) is 32.3 Å². The fourth-order valence-corrected chi connectivity index (χ4v) is 1.67. The van der Waals surface area contributed by atoms with E-state index in [1.807, 2.05) is 32.9 Å². The summed E-state index contributed by atoms with van der Waals surface area (Å²) in [6.45, 7) is 6.02. The average molecular weight is 220 g/mol. The number of benzene rings is 1. The van der Waals surface area contributed by atoms with Crippen molar-refractivity contribution in [3.05, 3.63) is 23.8 Å². The zero-order valence-electron chi connectivity index (χ0n) is 10.2. The van der Waals surface area contributed by atoms with Crippen LogP contribution >= 0.6 is 0 Å². The molecule has 0 aliphatic carbocycles. The molecule has 16 heavy (non-hydrogen) atoms. The van der Waals surface area contributed by atoms with Crippen LogP contribution in [0.2, 0.25) is 0 Å². The third-order valence-corrected chi connectivity index (χ3v) is 2.88. The van der Waals surface area contributed by atoms with Crippen molar-refractivity contribution in [2.24, 2.45) is 5.92 Å². The molecule has 0 radical (unpaired) electrons. The number of hydrogen-bond acceptors (Lipinski definition) is 2. The standard InChI is InChI=1S/C13H20N2O/c1-4-10(5-2)13(16)15-12-8-11(14)7-6-9(12)3/h6-8,10H,4-5,14H2,1-3H3,(H,15,16). The predicted octanol–water partition coefficient (Wildman–Crippen LogP) is 2.95. The minimum absolute atomic E-state index is 0.0821. The Hall–Kier alpha value is -1.51. The molecule has 0 heterocycles. The van der Waals surface area contributed by atoms with Crippen molar-refractivity contribution >= 4 is 17.3 Å². The maximum atomic E-state index is 11.9. The van der Waals surface area contributed by atoms with Crippen LogP contribution in [0, 0.1) is 12.8 Å². The lowest BCUT2D eigenvalue weighted by Crippen LogP contribution is -2.22. The molecule has 0 saturated heterocycles. The summed E-state index contributed by atoms with van der Waals surface area (Å²) >= 11 is 0. The van der Waals surface area contributed by atoms with Crippen molar-refractivity contribution < 1.29 is 4.79 Å². The molecule has 3 N–H and O–H groups in total. The number of amides is 1. The smallest absolute Gasteiger partial charge is 0.227 e. The molecule has 0 spiro atoms. The van der Waals surface area contributed by atoms with Gasteiger partial charge in [-0.1, -0.05) is 19.9 Å². The minimum Gasteiger partial charge on any atom is -0.399 e. The molecule has 3 nitrogen and oxygen atoms in total. The van der Waals surface area contributed by atoms with Gasteiger partial charge in [-0.2, -0.15) is 0 Å². The largest absolute Gasteiger partial charge is 0.399 e. The summed E-state index contributed by atoms with van der Waals surface area (Å²) in [7, 11) is 0. The lowest BCUT2D eigenvalue weighted by atomic mass is 10.0. The molecule has 0 saturated carbocycles. The average Bonchev–Trinajstić information content (AvgIpc) is 2.25. The van der Waals surface area contributed by atoms with Gasteiger partial charge >= 0.3 is 0 Å². The first kappa shape index (κ1) is 12.6. The van der Waals surface area contributed by atoms with Crippen LogP contribution in [-0.2, 0) is 4.79 Å².